The first kappa shape index (κ1) is 26.8. The quantitative estimate of drug-likeness (QED) is 0.424. The predicted octanol–water partition coefficient (Wildman–Crippen LogP) is 4.91. The van der Waals surface area contributed by atoms with Gasteiger partial charge < -0.3 is 26.3 Å². The first-order chi connectivity index (χ1) is 16.4. The largest absolute Gasteiger partial charge is 0.361 e. The molecule has 0 aliphatic carbocycles. The van der Waals surface area contributed by atoms with E-state index in [0.717, 1.165) is 27.8 Å². The molecule has 0 bridgehead atoms. The third-order valence-corrected chi connectivity index (χ3v) is 5.89. The summed E-state index contributed by atoms with van der Waals surface area (Å²) in [5.41, 5.74) is 9.19. The SMILES string of the molecule is CC.CC(N)C(=O)N1CSCC1C#N.Cc1c[nH]c2ccc(NC(=O)Nc3ccccc3)cc12. The van der Waals surface area contributed by atoms with E-state index in [2.05, 4.69) is 21.7 Å². The molecule has 1 aliphatic rings. The maximum absolute atomic E-state index is 11.9. The highest BCUT2D eigenvalue weighted by atomic mass is 32.2. The Morgan fingerprint density at radius 2 is 1.85 bits per heavy atom. The first-order valence-corrected chi connectivity index (χ1v) is 12.3. The Morgan fingerprint density at radius 1 is 1.18 bits per heavy atom. The Bertz CT molecular complexity index is 1120. The molecule has 180 valence electrons. The molecule has 3 aromatic rings. The zero-order valence-electron chi connectivity index (χ0n) is 20.0. The molecule has 2 unspecified atom stereocenters. The van der Waals surface area contributed by atoms with Crippen LogP contribution in [0.5, 0.6) is 0 Å². The Kier molecular flexibility index (Phi) is 10.5. The lowest BCUT2D eigenvalue weighted by molar-refractivity contribution is -0.131. The van der Waals surface area contributed by atoms with Crippen molar-refractivity contribution in [2.75, 3.05) is 22.3 Å². The van der Waals surface area contributed by atoms with Gasteiger partial charge in [0.25, 0.3) is 0 Å². The van der Waals surface area contributed by atoms with Crippen molar-refractivity contribution in [3.63, 3.8) is 0 Å². The van der Waals surface area contributed by atoms with Gasteiger partial charge in [-0.15, -0.1) is 11.8 Å². The number of aryl methyl sites for hydroxylation is 1. The summed E-state index contributed by atoms with van der Waals surface area (Å²) in [6.07, 6.45) is 1.96. The highest BCUT2D eigenvalue weighted by Gasteiger charge is 2.30. The van der Waals surface area contributed by atoms with Gasteiger partial charge in [-0.2, -0.15) is 5.26 Å². The fraction of sp³-hybridized carbons (Fsp3) is 0.320. The number of nitrogens with zero attached hydrogens (tertiary/aromatic N) is 2. The van der Waals surface area contributed by atoms with Crippen LogP contribution in [-0.2, 0) is 4.79 Å². The van der Waals surface area contributed by atoms with E-state index in [1.54, 1.807) is 18.7 Å². The molecule has 34 heavy (non-hydrogen) atoms. The van der Waals surface area contributed by atoms with E-state index in [0.29, 0.717) is 11.6 Å². The van der Waals surface area contributed by atoms with Gasteiger partial charge in [-0.05, 0) is 49.7 Å². The molecule has 1 aromatic heterocycles. The van der Waals surface area contributed by atoms with E-state index < -0.39 is 6.04 Å². The summed E-state index contributed by atoms with van der Waals surface area (Å²) < 4.78 is 0. The van der Waals surface area contributed by atoms with Crippen LogP contribution < -0.4 is 16.4 Å². The number of hydrogen-bond acceptors (Lipinski definition) is 5. The van der Waals surface area contributed by atoms with Gasteiger partial charge in [-0.1, -0.05) is 32.0 Å². The molecule has 1 aliphatic heterocycles. The molecule has 0 radical (unpaired) electrons. The molecule has 3 amide bonds. The van der Waals surface area contributed by atoms with E-state index in [1.807, 2.05) is 75.5 Å². The average Bonchev–Trinajstić information content (AvgIpc) is 3.47. The highest BCUT2D eigenvalue weighted by molar-refractivity contribution is 7.99. The number of benzene rings is 2. The smallest absolute Gasteiger partial charge is 0.323 e. The molecule has 4 rings (SSSR count). The average molecular weight is 481 g/mol. The van der Waals surface area contributed by atoms with Gasteiger partial charge >= 0.3 is 6.03 Å². The summed E-state index contributed by atoms with van der Waals surface area (Å²) in [5, 5.41) is 15.4. The van der Waals surface area contributed by atoms with E-state index in [1.165, 1.54) is 4.90 Å². The minimum atomic E-state index is -0.500. The Hall–Kier alpha value is -3.48. The van der Waals surface area contributed by atoms with Crippen LogP contribution in [0.2, 0.25) is 0 Å². The predicted molar refractivity (Wildman–Crippen MR) is 141 cm³/mol. The number of nitriles is 1. The molecule has 8 nitrogen and oxygen atoms in total. The van der Waals surface area contributed by atoms with Crippen molar-refractivity contribution in [3.8, 4) is 6.07 Å². The van der Waals surface area contributed by atoms with Crippen LogP contribution in [-0.4, -0.2) is 45.5 Å². The van der Waals surface area contributed by atoms with Gasteiger partial charge in [-0.25, -0.2) is 4.79 Å². The summed E-state index contributed by atoms with van der Waals surface area (Å²) >= 11 is 1.59. The number of anilines is 2. The van der Waals surface area contributed by atoms with Crippen molar-refractivity contribution in [2.45, 2.75) is 39.8 Å². The number of thioether (sulfide) groups is 1. The molecule has 2 atom stereocenters. The van der Waals surface area contributed by atoms with Crippen LogP contribution in [0.15, 0.2) is 54.7 Å². The third-order valence-electron chi connectivity index (χ3n) is 4.88. The fourth-order valence-electron chi connectivity index (χ4n) is 3.18. The summed E-state index contributed by atoms with van der Waals surface area (Å²) in [5.74, 6) is 1.17. The topological polar surface area (TPSA) is 127 Å². The zero-order valence-corrected chi connectivity index (χ0v) is 20.8. The van der Waals surface area contributed by atoms with E-state index in [4.69, 9.17) is 11.0 Å². The molecule has 2 aromatic carbocycles. The number of aromatic nitrogens is 1. The number of carbonyl (C=O) groups excluding carboxylic acids is 2. The summed E-state index contributed by atoms with van der Waals surface area (Å²) in [4.78, 5) is 28.0. The summed E-state index contributed by atoms with van der Waals surface area (Å²) in [7, 11) is 0. The number of nitrogens with two attached hydrogens (primary N) is 1. The van der Waals surface area contributed by atoms with Crippen molar-refractivity contribution in [1.82, 2.24) is 9.88 Å². The number of amides is 3. The maximum atomic E-state index is 11.9. The monoisotopic (exact) mass is 480 g/mol. The fourth-order valence-corrected chi connectivity index (χ4v) is 4.27. The highest BCUT2D eigenvalue weighted by Crippen LogP contribution is 2.22. The van der Waals surface area contributed by atoms with Gasteiger partial charge in [-0.3, -0.25) is 4.79 Å². The molecule has 2 heterocycles. The number of carbonyl (C=O) groups is 2. The molecule has 1 saturated heterocycles. The van der Waals surface area contributed by atoms with Crippen LogP contribution in [0.3, 0.4) is 0 Å². The minimum absolute atomic E-state index is 0.133. The first-order valence-electron chi connectivity index (χ1n) is 11.1. The van der Waals surface area contributed by atoms with Crippen molar-refractivity contribution < 1.29 is 9.59 Å². The Morgan fingerprint density at radius 3 is 2.50 bits per heavy atom. The number of urea groups is 1. The summed E-state index contributed by atoms with van der Waals surface area (Å²) in [6.45, 7) is 7.67. The van der Waals surface area contributed by atoms with E-state index in [-0.39, 0.29) is 18.0 Å². The van der Waals surface area contributed by atoms with Crippen LogP contribution in [0, 0.1) is 18.3 Å². The number of hydrogen-bond donors (Lipinski definition) is 4. The second-order valence-electron chi connectivity index (χ2n) is 7.42. The molecular formula is C25H32N6O2S. The minimum Gasteiger partial charge on any atom is -0.361 e. The molecular weight excluding hydrogens is 448 g/mol. The molecule has 0 spiro atoms. The van der Waals surface area contributed by atoms with Crippen molar-refractivity contribution in [3.05, 3.63) is 60.3 Å². The lowest BCUT2D eigenvalue weighted by Gasteiger charge is -2.20. The standard InChI is InChI=1S/C16H15N3O.C7H11N3OS.C2H6/c1-11-10-17-15-8-7-13(9-14(11)15)19-16(20)18-12-5-3-2-4-6-12;1-5(9)7(11)10-4-12-3-6(10)2-8;1-2/h2-10,17H,1H3,(H2,18,19,20);5-6H,3-4,9H2,1H3;1-2H3. The van der Waals surface area contributed by atoms with Crippen molar-refractivity contribution in [1.29, 1.82) is 5.26 Å². The number of fused-ring (bicyclic) bond motifs is 1. The lowest BCUT2D eigenvalue weighted by Crippen LogP contribution is -2.44. The van der Waals surface area contributed by atoms with Gasteiger partial charge in [0.1, 0.15) is 6.04 Å². The number of rotatable bonds is 3. The van der Waals surface area contributed by atoms with Gasteiger partial charge in [0.15, 0.2) is 0 Å². The number of H-pyrrole nitrogens is 1. The van der Waals surface area contributed by atoms with E-state index in [9.17, 15) is 9.59 Å². The second-order valence-corrected chi connectivity index (χ2v) is 8.42. The van der Waals surface area contributed by atoms with Crippen LogP contribution in [0.25, 0.3) is 10.9 Å². The zero-order chi connectivity index (χ0) is 25.1. The number of para-hydroxylation sites is 1. The molecule has 1 fully saturated rings. The van der Waals surface area contributed by atoms with Gasteiger partial charge in [0, 0.05) is 34.2 Å². The van der Waals surface area contributed by atoms with Crippen molar-refractivity contribution in [2.24, 2.45) is 5.73 Å². The number of nitrogens with one attached hydrogen (secondary N) is 3. The number of aromatic amines is 1. The van der Waals surface area contributed by atoms with E-state index >= 15 is 0 Å². The second kappa shape index (κ2) is 13.3. The lowest BCUT2D eigenvalue weighted by atomic mass is 10.2. The molecule has 0 saturated carbocycles. The maximum Gasteiger partial charge on any atom is 0.323 e. The summed E-state index contributed by atoms with van der Waals surface area (Å²) in [6, 6.07) is 16.2. The van der Waals surface area contributed by atoms with Crippen molar-refractivity contribution >= 4 is 46.0 Å². The normalized spacial score (nSPS) is 15.2. The third kappa shape index (κ3) is 7.27. The van der Waals surface area contributed by atoms with Crippen LogP contribution in [0.1, 0.15) is 26.3 Å². The molecule has 9 heteroatoms. The Labute approximate surface area is 204 Å². The van der Waals surface area contributed by atoms with Gasteiger partial charge in [0.05, 0.1) is 18.0 Å². The van der Waals surface area contributed by atoms with Crippen LogP contribution in [0.4, 0.5) is 16.2 Å². The Balaban J connectivity index is 0.000000251. The van der Waals surface area contributed by atoms with Gasteiger partial charge in [0.2, 0.25) is 5.91 Å². The van der Waals surface area contributed by atoms with Crippen LogP contribution >= 0.6 is 11.8 Å². The molecule has 5 N–H and O–H groups in total.